The third kappa shape index (κ3) is 5.41. The first kappa shape index (κ1) is 23.2. The standard InChI is InChI=1S/C28H31N5O2.H2/c1-18-28(26(34)14-24(29)20-8-6-19(7-9-20)15-31-22-11-12-22)32-25(16-30-18)21-10-13-27(35)33(17-21)23-4-2-3-5-23;/h6-10,13-14,16-17,22-23,31H,2-5,11-12,15,29H2,1H3;1H. The Kier molecular flexibility index (Phi) is 6.59. The van der Waals surface area contributed by atoms with Crippen molar-refractivity contribution in [3.63, 3.8) is 0 Å². The summed E-state index contributed by atoms with van der Waals surface area (Å²) in [7, 11) is 0. The van der Waals surface area contributed by atoms with Crippen LogP contribution in [0.4, 0.5) is 0 Å². The van der Waals surface area contributed by atoms with Crippen LogP contribution in [0.25, 0.3) is 17.0 Å². The fourth-order valence-corrected chi connectivity index (χ4v) is 4.60. The molecular weight excluding hydrogens is 438 g/mol. The highest BCUT2D eigenvalue weighted by molar-refractivity contribution is 6.07. The maximum absolute atomic E-state index is 13.1. The molecule has 2 saturated carbocycles. The molecule has 7 heteroatoms. The minimum atomic E-state index is -0.294. The Balaban J connectivity index is 0.00000304. The summed E-state index contributed by atoms with van der Waals surface area (Å²) < 4.78 is 1.80. The SMILES string of the molecule is Cc1ncc(-c2ccc(=O)n(C3CCCC3)c2)nc1C(=O)C=C(N)c1ccc(CNC2CC2)cc1.[HH]. The lowest BCUT2D eigenvalue weighted by Crippen LogP contribution is -2.22. The molecule has 35 heavy (non-hydrogen) atoms. The van der Waals surface area contributed by atoms with Crippen molar-refractivity contribution in [3.8, 4) is 11.3 Å². The topological polar surface area (TPSA) is 103 Å². The van der Waals surface area contributed by atoms with E-state index in [1.165, 1.54) is 24.5 Å². The number of nitrogens with one attached hydrogen (secondary N) is 1. The van der Waals surface area contributed by atoms with E-state index in [4.69, 9.17) is 5.73 Å². The number of benzene rings is 1. The smallest absolute Gasteiger partial charge is 0.250 e. The predicted molar refractivity (Wildman–Crippen MR) is 139 cm³/mol. The van der Waals surface area contributed by atoms with Crippen LogP contribution in [-0.4, -0.2) is 26.4 Å². The van der Waals surface area contributed by atoms with Crippen molar-refractivity contribution in [2.24, 2.45) is 5.73 Å². The van der Waals surface area contributed by atoms with Crippen molar-refractivity contribution < 1.29 is 6.22 Å². The van der Waals surface area contributed by atoms with Crippen LogP contribution in [0.5, 0.6) is 0 Å². The van der Waals surface area contributed by atoms with Crippen molar-refractivity contribution in [3.05, 3.63) is 87.7 Å². The Labute approximate surface area is 206 Å². The Hall–Kier alpha value is -3.58. The number of pyridine rings is 1. The second-order valence-corrected chi connectivity index (χ2v) is 9.61. The molecule has 0 unspecified atom stereocenters. The van der Waals surface area contributed by atoms with Crippen LogP contribution in [-0.2, 0) is 6.54 Å². The minimum absolute atomic E-state index is 0. The lowest BCUT2D eigenvalue weighted by Gasteiger charge is -2.14. The number of carbonyl (C=O) groups is 1. The first-order valence-electron chi connectivity index (χ1n) is 12.4. The van der Waals surface area contributed by atoms with E-state index in [9.17, 15) is 9.59 Å². The molecule has 0 spiro atoms. The van der Waals surface area contributed by atoms with Gasteiger partial charge in [0.2, 0.25) is 5.78 Å². The van der Waals surface area contributed by atoms with Gasteiger partial charge in [0.15, 0.2) is 0 Å². The molecule has 0 bridgehead atoms. The lowest BCUT2D eigenvalue weighted by molar-refractivity contribution is 0.104. The van der Waals surface area contributed by atoms with Crippen LogP contribution >= 0.6 is 0 Å². The van der Waals surface area contributed by atoms with Crippen molar-refractivity contribution in [1.82, 2.24) is 19.9 Å². The number of nitrogens with two attached hydrogens (primary N) is 1. The largest absolute Gasteiger partial charge is 0.398 e. The number of carbonyl (C=O) groups excluding carboxylic acids is 1. The molecule has 7 nitrogen and oxygen atoms in total. The summed E-state index contributed by atoms with van der Waals surface area (Å²) in [6.07, 6.45) is 11.7. The van der Waals surface area contributed by atoms with Crippen molar-refractivity contribution in [2.75, 3.05) is 0 Å². The summed E-state index contributed by atoms with van der Waals surface area (Å²) in [6, 6.07) is 12.1. The third-order valence-corrected chi connectivity index (χ3v) is 6.89. The molecule has 182 valence electrons. The Morgan fingerprint density at radius 1 is 1.14 bits per heavy atom. The Morgan fingerprint density at radius 3 is 2.60 bits per heavy atom. The van der Waals surface area contributed by atoms with Gasteiger partial charge in [-0.3, -0.25) is 14.6 Å². The maximum atomic E-state index is 13.1. The van der Waals surface area contributed by atoms with E-state index in [2.05, 4.69) is 15.3 Å². The Bertz CT molecular complexity index is 1320. The molecule has 0 radical (unpaired) electrons. The quantitative estimate of drug-likeness (QED) is 0.373. The molecule has 2 heterocycles. The second kappa shape index (κ2) is 9.96. The molecule has 3 N–H and O–H groups in total. The fourth-order valence-electron chi connectivity index (χ4n) is 4.60. The average molecular weight is 472 g/mol. The summed E-state index contributed by atoms with van der Waals surface area (Å²) >= 11 is 0. The molecule has 2 aliphatic rings. The highest BCUT2D eigenvalue weighted by Gasteiger charge is 2.20. The van der Waals surface area contributed by atoms with Gasteiger partial charge in [-0.15, -0.1) is 0 Å². The molecule has 2 aliphatic carbocycles. The first-order valence-corrected chi connectivity index (χ1v) is 12.4. The predicted octanol–water partition coefficient (Wildman–Crippen LogP) is 4.41. The maximum Gasteiger partial charge on any atom is 0.250 e. The Morgan fingerprint density at radius 2 is 1.89 bits per heavy atom. The molecule has 2 aromatic heterocycles. The van der Waals surface area contributed by atoms with E-state index in [0.29, 0.717) is 23.1 Å². The van der Waals surface area contributed by atoms with Gasteiger partial charge in [0.05, 0.1) is 17.6 Å². The molecule has 2 fully saturated rings. The van der Waals surface area contributed by atoms with Gasteiger partial charge in [-0.2, -0.15) is 0 Å². The van der Waals surface area contributed by atoms with E-state index in [1.54, 1.807) is 29.8 Å². The number of nitrogens with zero attached hydrogens (tertiary/aromatic N) is 3. The van der Waals surface area contributed by atoms with E-state index in [-0.39, 0.29) is 24.5 Å². The number of rotatable bonds is 8. The van der Waals surface area contributed by atoms with Gasteiger partial charge in [0.25, 0.3) is 5.56 Å². The van der Waals surface area contributed by atoms with E-state index >= 15 is 0 Å². The first-order chi connectivity index (χ1) is 17.0. The summed E-state index contributed by atoms with van der Waals surface area (Å²) in [4.78, 5) is 34.5. The lowest BCUT2D eigenvalue weighted by atomic mass is 10.1. The number of allylic oxidation sites excluding steroid dienone is 1. The molecule has 0 saturated heterocycles. The summed E-state index contributed by atoms with van der Waals surface area (Å²) in [5, 5.41) is 3.49. The van der Waals surface area contributed by atoms with Crippen LogP contribution in [0.2, 0.25) is 0 Å². The summed E-state index contributed by atoms with van der Waals surface area (Å²) in [5.41, 5.74) is 10.7. The van der Waals surface area contributed by atoms with E-state index in [0.717, 1.165) is 43.4 Å². The normalized spacial score (nSPS) is 16.5. The third-order valence-electron chi connectivity index (χ3n) is 6.89. The van der Waals surface area contributed by atoms with Crippen LogP contribution in [0.15, 0.2) is 59.7 Å². The average Bonchev–Trinajstić information content (AvgIpc) is 3.54. The van der Waals surface area contributed by atoms with Crippen molar-refractivity contribution in [1.29, 1.82) is 0 Å². The van der Waals surface area contributed by atoms with Crippen molar-refractivity contribution in [2.45, 2.75) is 64.1 Å². The van der Waals surface area contributed by atoms with Gasteiger partial charge >= 0.3 is 0 Å². The highest BCUT2D eigenvalue weighted by atomic mass is 16.1. The molecule has 5 rings (SSSR count). The molecular formula is C28H33N5O2. The summed E-state index contributed by atoms with van der Waals surface area (Å²) in [6.45, 7) is 2.60. The van der Waals surface area contributed by atoms with Gasteiger partial charge < -0.3 is 15.6 Å². The zero-order chi connectivity index (χ0) is 24.4. The van der Waals surface area contributed by atoms with Crippen molar-refractivity contribution >= 4 is 11.5 Å². The van der Waals surface area contributed by atoms with Crippen LogP contribution < -0.4 is 16.6 Å². The molecule has 3 aromatic rings. The molecule has 0 amide bonds. The summed E-state index contributed by atoms with van der Waals surface area (Å²) in [5.74, 6) is -0.294. The van der Waals surface area contributed by atoms with Crippen LogP contribution in [0.3, 0.4) is 0 Å². The van der Waals surface area contributed by atoms with Gasteiger partial charge in [-0.1, -0.05) is 37.1 Å². The van der Waals surface area contributed by atoms with E-state index < -0.39 is 0 Å². The second-order valence-electron chi connectivity index (χ2n) is 9.61. The molecule has 0 atom stereocenters. The molecule has 1 aromatic carbocycles. The van der Waals surface area contributed by atoms with Gasteiger partial charge in [0, 0.05) is 49.7 Å². The minimum Gasteiger partial charge on any atom is -0.398 e. The number of aryl methyl sites for hydroxylation is 1. The fraction of sp³-hybridized carbons (Fsp3) is 0.357. The number of hydrogen-bond donors (Lipinski definition) is 2. The van der Waals surface area contributed by atoms with Gasteiger partial charge in [-0.05, 0) is 49.8 Å². The number of ketones is 1. The molecule has 0 aliphatic heterocycles. The monoisotopic (exact) mass is 471 g/mol. The van der Waals surface area contributed by atoms with Gasteiger partial charge in [0.1, 0.15) is 5.69 Å². The van der Waals surface area contributed by atoms with Gasteiger partial charge in [-0.25, -0.2) is 4.98 Å². The highest BCUT2D eigenvalue weighted by Crippen LogP contribution is 2.29. The number of hydrogen-bond acceptors (Lipinski definition) is 6. The zero-order valence-corrected chi connectivity index (χ0v) is 20.0. The number of aromatic nitrogens is 3. The van der Waals surface area contributed by atoms with Crippen LogP contribution in [0, 0.1) is 6.92 Å². The van der Waals surface area contributed by atoms with Crippen LogP contribution in [0.1, 0.15) is 73.3 Å². The zero-order valence-electron chi connectivity index (χ0n) is 20.0. The van der Waals surface area contributed by atoms with E-state index in [1.807, 2.05) is 30.5 Å².